The van der Waals surface area contributed by atoms with Crippen molar-refractivity contribution in [3.63, 3.8) is 0 Å². The van der Waals surface area contributed by atoms with Crippen molar-refractivity contribution in [3.05, 3.63) is 51.5 Å². The lowest BCUT2D eigenvalue weighted by atomic mass is 9.88. The smallest absolute Gasteiger partial charge is 0.161 e. The number of rotatable bonds is 7. The van der Waals surface area contributed by atoms with E-state index >= 15 is 0 Å². The number of aryl methyl sites for hydroxylation is 1. The zero-order valence-corrected chi connectivity index (χ0v) is 18.0. The maximum absolute atomic E-state index is 6.46. The lowest BCUT2D eigenvalue weighted by Gasteiger charge is -2.30. The fourth-order valence-corrected chi connectivity index (χ4v) is 4.00. The molecular weight excluding hydrogens is 376 g/mol. The molecule has 3 rings (SSSR count). The number of benzene rings is 2. The monoisotopic (exact) mass is 404 g/mol. The van der Waals surface area contributed by atoms with Crippen LogP contribution in [-0.4, -0.2) is 52.9 Å². The average Bonchev–Trinajstić information content (AvgIpc) is 2.66. The molecule has 2 aromatic carbocycles. The van der Waals surface area contributed by atoms with Gasteiger partial charge in [0, 0.05) is 18.7 Å². The summed E-state index contributed by atoms with van der Waals surface area (Å²) in [6, 6.07) is 8.23. The van der Waals surface area contributed by atoms with E-state index in [1.165, 1.54) is 11.1 Å². The molecule has 5 nitrogen and oxygen atoms in total. The average molecular weight is 405 g/mol. The number of nitrogens with zero attached hydrogens (tertiary/aromatic N) is 1. The summed E-state index contributed by atoms with van der Waals surface area (Å²) in [5.74, 6) is 2.24. The first kappa shape index (κ1) is 20.8. The summed E-state index contributed by atoms with van der Waals surface area (Å²) < 4.78 is 17.3. The van der Waals surface area contributed by atoms with E-state index in [4.69, 9.17) is 25.8 Å². The predicted octanol–water partition coefficient (Wildman–Crippen LogP) is 3.84. The Morgan fingerprint density at radius 3 is 2.54 bits per heavy atom. The predicted molar refractivity (Wildman–Crippen MR) is 113 cm³/mol. The second kappa shape index (κ2) is 9.03. The molecule has 1 aliphatic heterocycles. The van der Waals surface area contributed by atoms with Gasteiger partial charge in [0.05, 0.1) is 25.3 Å². The molecule has 0 saturated heterocycles. The van der Waals surface area contributed by atoms with E-state index in [1.54, 1.807) is 14.2 Å². The van der Waals surface area contributed by atoms with E-state index in [0.29, 0.717) is 17.4 Å². The molecule has 0 amide bonds. The van der Waals surface area contributed by atoms with Crippen LogP contribution in [0, 0.1) is 6.92 Å². The van der Waals surface area contributed by atoms with Gasteiger partial charge in [-0.25, -0.2) is 0 Å². The van der Waals surface area contributed by atoms with Gasteiger partial charge >= 0.3 is 0 Å². The highest BCUT2D eigenvalue weighted by Crippen LogP contribution is 2.42. The topological polar surface area (TPSA) is 43.0 Å². The van der Waals surface area contributed by atoms with Gasteiger partial charge in [-0.2, -0.15) is 0 Å². The normalized spacial score (nSPS) is 16.0. The van der Waals surface area contributed by atoms with Gasteiger partial charge in [0.25, 0.3) is 0 Å². The summed E-state index contributed by atoms with van der Waals surface area (Å²) in [5, 5.41) is 4.24. The summed E-state index contributed by atoms with van der Waals surface area (Å²) >= 11 is 6.46. The third-order valence-electron chi connectivity index (χ3n) is 5.01. The highest BCUT2D eigenvalue weighted by atomic mass is 35.5. The Bertz CT molecular complexity index is 839. The quantitative estimate of drug-likeness (QED) is 0.759. The van der Waals surface area contributed by atoms with Gasteiger partial charge < -0.3 is 24.4 Å². The first-order valence-electron chi connectivity index (χ1n) is 9.50. The van der Waals surface area contributed by atoms with Crippen molar-refractivity contribution >= 4 is 11.6 Å². The Balaban J connectivity index is 2.03. The Morgan fingerprint density at radius 1 is 1.07 bits per heavy atom. The van der Waals surface area contributed by atoms with Crippen LogP contribution in [0.5, 0.6) is 17.2 Å². The summed E-state index contributed by atoms with van der Waals surface area (Å²) in [5.41, 5.74) is 4.57. The zero-order chi connectivity index (χ0) is 20.3. The number of halogens is 1. The van der Waals surface area contributed by atoms with E-state index in [0.717, 1.165) is 42.1 Å². The minimum Gasteiger partial charge on any atom is -0.495 e. The van der Waals surface area contributed by atoms with Gasteiger partial charge in [-0.15, -0.1) is 0 Å². The van der Waals surface area contributed by atoms with Crippen LogP contribution in [-0.2, 0) is 6.42 Å². The third-order valence-corrected chi connectivity index (χ3v) is 5.29. The molecule has 0 spiro atoms. The van der Waals surface area contributed by atoms with Crippen LogP contribution in [0.1, 0.15) is 28.3 Å². The Labute approximate surface area is 172 Å². The summed E-state index contributed by atoms with van der Waals surface area (Å²) in [7, 11) is 7.40. The fraction of sp³-hybridized carbons (Fsp3) is 0.455. The van der Waals surface area contributed by atoms with Crippen molar-refractivity contribution in [1.82, 2.24) is 10.2 Å². The van der Waals surface area contributed by atoms with E-state index < -0.39 is 0 Å². The highest BCUT2D eigenvalue weighted by Gasteiger charge is 2.27. The first-order valence-corrected chi connectivity index (χ1v) is 9.88. The van der Waals surface area contributed by atoms with Gasteiger partial charge in [0.2, 0.25) is 0 Å². The van der Waals surface area contributed by atoms with Crippen LogP contribution in [0.15, 0.2) is 24.3 Å². The number of ether oxygens (including phenoxy) is 3. The Kier molecular flexibility index (Phi) is 6.70. The molecule has 0 aliphatic carbocycles. The summed E-state index contributed by atoms with van der Waals surface area (Å²) in [6.45, 7) is 4.35. The van der Waals surface area contributed by atoms with Crippen LogP contribution >= 0.6 is 11.6 Å². The standard InChI is InChI=1S/C22H29ClN2O3/c1-14-10-17(22(27-5)18(23)11-14)21-16-13-20(28-9-8-25(2)3)19(26-4)12-15(16)6-7-24-21/h10-13,21,24H,6-9H2,1-5H3. The SMILES string of the molecule is COc1cc2c(cc1OCCN(C)C)C(c1cc(C)cc(Cl)c1OC)NCC2. The molecule has 6 heteroatoms. The fourth-order valence-electron chi connectivity index (χ4n) is 3.64. The summed E-state index contributed by atoms with van der Waals surface area (Å²) in [6.07, 6.45) is 0.933. The molecular formula is C22H29ClN2O3. The third kappa shape index (κ3) is 4.37. The van der Waals surface area contributed by atoms with Gasteiger partial charge in [0.1, 0.15) is 12.4 Å². The van der Waals surface area contributed by atoms with Gasteiger partial charge in [-0.3, -0.25) is 0 Å². The molecule has 1 aliphatic rings. The van der Waals surface area contributed by atoms with Gasteiger partial charge in [0.15, 0.2) is 11.5 Å². The molecule has 1 atom stereocenters. The van der Waals surface area contributed by atoms with Crippen LogP contribution in [0.2, 0.25) is 5.02 Å². The van der Waals surface area contributed by atoms with Crippen LogP contribution in [0.3, 0.4) is 0 Å². The van der Waals surface area contributed by atoms with Crippen molar-refractivity contribution in [2.24, 2.45) is 0 Å². The van der Waals surface area contributed by atoms with E-state index in [-0.39, 0.29) is 6.04 Å². The maximum Gasteiger partial charge on any atom is 0.161 e. The minimum atomic E-state index is -0.0156. The number of likely N-dealkylation sites (N-methyl/N-ethyl adjacent to an activating group) is 1. The molecule has 1 unspecified atom stereocenters. The number of hydrogen-bond donors (Lipinski definition) is 1. The molecule has 2 aromatic rings. The van der Waals surface area contributed by atoms with E-state index in [9.17, 15) is 0 Å². The van der Waals surface area contributed by atoms with Crippen molar-refractivity contribution in [1.29, 1.82) is 0 Å². The minimum absolute atomic E-state index is 0.0156. The molecule has 0 fully saturated rings. The van der Waals surface area contributed by atoms with Gasteiger partial charge in [-0.05, 0) is 62.3 Å². The van der Waals surface area contributed by atoms with Crippen LogP contribution in [0.4, 0.5) is 0 Å². The second-order valence-corrected chi connectivity index (χ2v) is 7.77. The molecule has 0 aromatic heterocycles. The van der Waals surface area contributed by atoms with Crippen molar-refractivity contribution < 1.29 is 14.2 Å². The van der Waals surface area contributed by atoms with Crippen LogP contribution in [0.25, 0.3) is 0 Å². The molecule has 28 heavy (non-hydrogen) atoms. The molecule has 0 bridgehead atoms. The zero-order valence-electron chi connectivity index (χ0n) is 17.3. The molecule has 1 N–H and O–H groups in total. The first-order chi connectivity index (χ1) is 13.4. The number of fused-ring (bicyclic) bond motifs is 1. The number of hydrogen-bond acceptors (Lipinski definition) is 5. The van der Waals surface area contributed by atoms with Gasteiger partial charge in [-0.1, -0.05) is 17.7 Å². The number of nitrogens with one attached hydrogen (secondary N) is 1. The van der Waals surface area contributed by atoms with Crippen molar-refractivity contribution in [3.8, 4) is 17.2 Å². The summed E-state index contributed by atoms with van der Waals surface area (Å²) in [4.78, 5) is 2.09. The lowest BCUT2D eigenvalue weighted by molar-refractivity contribution is 0.250. The second-order valence-electron chi connectivity index (χ2n) is 7.36. The number of methoxy groups -OCH3 is 2. The molecule has 0 radical (unpaired) electrons. The lowest BCUT2D eigenvalue weighted by Crippen LogP contribution is -2.31. The van der Waals surface area contributed by atoms with Crippen molar-refractivity contribution in [2.45, 2.75) is 19.4 Å². The highest BCUT2D eigenvalue weighted by molar-refractivity contribution is 6.32. The van der Waals surface area contributed by atoms with E-state index in [1.807, 2.05) is 27.1 Å². The van der Waals surface area contributed by atoms with Crippen LogP contribution < -0.4 is 19.5 Å². The molecule has 0 saturated carbocycles. The van der Waals surface area contributed by atoms with Crippen molar-refractivity contribution in [2.75, 3.05) is 48.0 Å². The largest absolute Gasteiger partial charge is 0.495 e. The Hall–Kier alpha value is -1.95. The molecule has 1 heterocycles. The Morgan fingerprint density at radius 2 is 1.86 bits per heavy atom. The maximum atomic E-state index is 6.46. The molecule has 152 valence electrons. The van der Waals surface area contributed by atoms with E-state index in [2.05, 4.69) is 28.4 Å².